The summed E-state index contributed by atoms with van der Waals surface area (Å²) in [5.41, 5.74) is 0.249. The number of carbonyl (C=O) groups is 1. The van der Waals surface area contributed by atoms with Gasteiger partial charge < -0.3 is 14.2 Å². The van der Waals surface area contributed by atoms with E-state index in [1.54, 1.807) is 22.6 Å². The van der Waals surface area contributed by atoms with Gasteiger partial charge in [0.15, 0.2) is 11.5 Å². The van der Waals surface area contributed by atoms with Crippen LogP contribution in [0.4, 0.5) is 13.2 Å². The highest BCUT2D eigenvalue weighted by Gasteiger charge is 2.33. The summed E-state index contributed by atoms with van der Waals surface area (Å²) in [4.78, 5) is 14.9. The zero-order chi connectivity index (χ0) is 14.6. The SMILES string of the molecule is COC(=O)Cc1ncc(OC(F)(F)F)c(OC)c1I. The van der Waals surface area contributed by atoms with Gasteiger partial charge in [-0.1, -0.05) is 0 Å². The number of pyridine rings is 1. The number of hydrogen-bond donors (Lipinski definition) is 0. The minimum absolute atomic E-state index is 0.133. The number of hydrogen-bond acceptors (Lipinski definition) is 5. The Morgan fingerprint density at radius 2 is 2.05 bits per heavy atom. The lowest BCUT2D eigenvalue weighted by Crippen LogP contribution is -2.18. The molecule has 0 saturated heterocycles. The fourth-order valence-electron chi connectivity index (χ4n) is 1.21. The molecule has 1 aromatic rings. The minimum atomic E-state index is -4.85. The lowest BCUT2D eigenvalue weighted by molar-refractivity contribution is -0.275. The molecule has 106 valence electrons. The van der Waals surface area contributed by atoms with Crippen molar-refractivity contribution in [2.75, 3.05) is 14.2 Å². The number of ether oxygens (including phenoxy) is 3. The summed E-state index contributed by atoms with van der Waals surface area (Å²) in [6.45, 7) is 0. The molecule has 0 atom stereocenters. The van der Waals surface area contributed by atoms with E-state index in [1.807, 2.05) is 0 Å². The second-order valence-electron chi connectivity index (χ2n) is 3.22. The minimum Gasteiger partial charge on any atom is -0.492 e. The first-order chi connectivity index (χ1) is 8.78. The molecular weight excluding hydrogens is 382 g/mol. The molecule has 0 spiro atoms. The second-order valence-corrected chi connectivity index (χ2v) is 4.30. The van der Waals surface area contributed by atoms with Gasteiger partial charge in [0.1, 0.15) is 0 Å². The van der Waals surface area contributed by atoms with Crippen LogP contribution in [0, 0.1) is 3.57 Å². The highest BCUT2D eigenvalue weighted by atomic mass is 127. The van der Waals surface area contributed by atoms with Gasteiger partial charge in [0.25, 0.3) is 0 Å². The average molecular weight is 391 g/mol. The fourth-order valence-corrected chi connectivity index (χ4v) is 2.03. The Morgan fingerprint density at radius 3 is 2.53 bits per heavy atom. The van der Waals surface area contributed by atoms with Crippen LogP contribution in [-0.4, -0.2) is 31.5 Å². The van der Waals surface area contributed by atoms with E-state index >= 15 is 0 Å². The number of methoxy groups -OCH3 is 2. The first-order valence-corrected chi connectivity index (χ1v) is 5.90. The third-order valence-corrected chi connectivity index (χ3v) is 3.10. The van der Waals surface area contributed by atoms with E-state index in [2.05, 4.69) is 14.5 Å². The molecule has 0 saturated carbocycles. The van der Waals surface area contributed by atoms with Gasteiger partial charge in [0.05, 0.1) is 36.1 Å². The first-order valence-electron chi connectivity index (χ1n) is 4.82. The van der Waals surface area contributed by atoms with Crippen molar-refractivity contribution in [1.29, 1.82) is 0 Å². The number of nitrogens with zero attached hydrogens (tertiary/aromatic N) is 1. The lowest BCUT2D eigenvalue weighted by atomic mass is 10.2. The molecule has 5 nitrogen and oxygen atoms in total. The van der Waals surface area contributed by atoms with Crippen molar-refractivity contribution in [3.8, 4) is 11.5 Å². The molecule has 0 bridgehead atoms. The molecule has 0 fully saturated rings. The van der Waals surface area contributed by atoms with Gasteiger partial charge in [-0.25, -0.2) is 0 Å². The van der Waals surface area contributed by atoms with E-state index in [0.29, 0.717) is 0 Å². The predicted molar refractivity (Wildman–Crippen MR) is 65.9 cm³/mol. The van der Waals surface area contributed by atoms with Crippen LogP contribution in [0.2, 0.25) is 0 Å². The van der Waals surface area contributed by atoms with E-state index in [0.717, 1.165) is 6.20 Å². The van der Waals surface area contributed by atoms with E-state index in [4.69, 9.17) is 4.74 Å². The summed E-state index contributed by atoms with van der Waals surface area (Å²) >= 11 is 1.73. The van der Waals surface area contributed by atoms with Crippen LogP contribution in [0.1, 0.15) is 5.69 Å². The Morgan fingerprint density at radius 1 is 1.42 bits per heavy atom. The molecule has 0 radical (unpaired) electrons. The molecule has 1 aromatic heterocycles. The Bertz CT molecular complexity index is 479. The first kappa shape index (κ1) is 15.8. The van der Waals surface area contributed by atoms with Gasteiger partial charge in [-0.15, -0.1) is 13.2 Å². The Labute approximate surface area is 120 Å². The summed E-state index contributed by atoms with van der Waals surface area (Å²) in [7, 11) is 2.40. The number of carbonyl (C=O) groups excluding carboxylic acids is 1. The van der Waals surface area contributed by atoms with Gasteiger partial charge in [0, 0.05) is 0 Å². The average Bonchev–Trinajstić information content (AvgIpc) is 2.31. The monoisotopic (exact) mass is 391 g/mol. The lowest BCUT2D eigenvalue weighted by Gasteiger charge is -2.14. The molecule has 9 heteroatoms. The molecule has 0 N–H and O–H groups in total. The van der Waals surface area contributed by atoms with Crippen LogP contribution >= 0.6 is 22.6 Å². The topological polar surface area (TPSA) is 57.7 Å². The van der Waals surface area contributed by atoms with Crippen molar-refractivity contribution in [2.45, 2.75) is 12.8 Å². The molecule has 1 rings (SSSR count). The van der Waals surface area contributed by atoms with Crippen molar-refractivity contribution in [3.05, 3.63) is 15.5 Å². The molecule has 0 aliphatic heterocycles. The van der Waals surface area contributed by atoms with Crippen molar-refractivity contribution < 1.29 is 32.2 Å². The standard InChI is InChI=1S/C10H9F3INO4/c1-17-7(16)3-5-8(14)9(18-2)6(4-15-5)19-10(11,12)13/h4H,3H2,1-2H3. The maximum Gasteiger partial charge on any atom is 0.573 e. The fraction of sp³-hybridized carbons (Fsp3) is 0.400. The molecule has 0 aromatic carbocycles. The summed E-state index contributed by atoms with van der Waals surface area (Å²) in [5, 5.41) is 0. The zero-order valence-electron chi connectivity index (χ0n) is 9.88. The smallest absolute Gasteiger partial charge is 0.492 e. The maximum atomic E-state index is 12.2. The molecule has 1 heterocycles. The molecule has 19 heavy (non-hydrogen) atoms. The predicted octanol–water partition coefficient (Wildman–Crippen LogP) is 2.31. The summed E-state index contributed by atoms with van der Waals surface area (Å²) in [6.07, 6.45) is -4.16. The molecule has 0 amide bonds. The molecule has 0 aliphatic rings. The summed E-state index contributed by atoms with van der Waals surface area (Å²) < 4.78 is 49.9. The largest absolute Gasteiger partial charge is 0.573 e. The number of rotatable bonds is 4. The molecular formula is C10H9F3INO4. The van der Waals surface area contributed by atoms with Crippen molar-refractivity contribution in [3.63, 3.8) is 0 Å². The number of halogens is 4. The third kappa shape index (κ3) is 4.40. The Kier molecular flexibility index (Phi) is 5.20. The van der Waals surface area contributed by atoms with Crippen LogP contribution in [0.15, 0.2) is 6.20 Å². The van der Waals surface area contributed by atoms with Gasteiger partial charge in [-0.3, -0.25) is 9.78 Å². The summed E-state index contributed by atoms with van der Waals surface area (Å²) in [6, 6.07) is 0. The third-order valence-electron chi connectivity index (χ3n) is 1.98. The van der Waals surface area contributed by atoms with Gasteiger partial charge in [-0.2, -0.15) is 0 Å². The highest BCUT2D eigenvalue weighted by Crippen LogP contribution is 2.36. The second kappa shape index (κ2) is 6.26. The van der Waals surface area contributed by atoms with Crippen LogP contribution < -0.4 is 9.47 Å². The number of aromatic nitrogens is 1. The molecule has 0 unspecified atom stereocenters. The van der Waals surface area contributed by atoms with Gasteiger partial charge in [0.2, 0.25) is 0 Å². The maximum absolute atomic E-state index is 12.2. The van der Waals surface area contributed by atoms with Crippen LogP contribution in [0.3, 0.4) is 0 Å². The van der Waals surface area contributed by atoms with Crippen LogP contribution in [0.25, 0.3) is 0 Å². The van der Waals surface area contributed by atoms with Gasteiger partial charge >= 0.3 is 12.3 Å². The van der Waals surface area contributed by atoms with Crippen molar-refractivity contribution >= 4 is 28.6 Å². The van der Waals surface area contributed by atoms with E-state index in [9.17, 15) is 18.0 Å². The molecule has 0 aliphatic carbocycles. The van der Waals surface area contributed by atoms with Crippen molar-refractivity contribution in [2.24, 2.45) is 0 Å². The van der Waals surface area contributed by atoms with Crippen LogP contribution in [0.5, 0.6) is 11.5 Å². The number of alkyl halides is 3. The Balaban J connectivity index is 3.12. The normalized spacial score (nSPS) is 11.1. The van der Waals surface area contributed by atoms with E-state index < -0.39 is 18.1 Å². The highest BCUT2D eigenvalue weighted by molar-refractivity contribution is 14.1. The van der Waals surface area contributed by atoms with Crippen molar-refractivity contribution in [1.82, 2.24) is 4.98 Å². The van der Waals surface area contributed by atoms with Crippen LogP contribution in [-0.2, 0) is 16.0 Å². The van der Waals surface area contributed by atoms with E-state index in [1.165, 1.54) is 14.2 Å². The number of esters is 1. The zero-order valence-corrected chi connectivity index (χ0v) is 12.0. The van der Waals surface area contributed by atoms with E-state index in [-0.39, 0.29) is 21.4 Å². The summed E-state index contributed by atoms with van der Waals surface area (Å²) in [5.74, 6) is -1.25. The Hall–Kier alpha value is -1.26. The van der Waals surface area contributed by atoms with Gasteiger partial charge in [-0.05, 0) is 22.6 Å². The quantitative estimate of drug-likeness (QED) is 0.583.